The molecule has 0 heterocycles. The number of hydrogen-bond acceptors (Lipinski definition) is 6. The molecular weight excluding hydrogens is 450 g/mol. The molecule has 0 aromatic heterocycles. The fourth-order valence-corrected chi connectivity index (χ4v) is 5.57. The first-order valence-electron chi connectivity index (χ1n) is 12.1. The van der Waals surface area contributed by atoms with Crippen LogP contribution in [0.3, 0.4) is 0 Å². The zero-order valence-electron chi connectivity index (χ0n) is 20.7. The fraction of sp³-hybridized carbons (Fsp3) is 0.276. The summed E-state index contributed by atoms with van der Waals surface area (Å²) in [5.74, 6) is -0.486. The highest BCUT2D eigenvalue weighted by molar-refractivity contribution is 6.51. The van der Waals surface area contributed by atoms with Crippen LogP contribution in [0.25, 0.3) is 0 Å². The third kappa shape index (κ3) is 3.63. The van der Waals surface area contributed by atoms with Crippen LogP contribution in [0.2, 0.25) is 0 Å². The monoisotopic (exact) mass is 479 g/mol. The molecule has 182 valence electrons. The van der Waals surface area contributed by atoms with E-state index in [1.54, 1.807) is 24.3 Å². The van der Waals surface area contributed by atoms with E-state index in [2.05, 4.69) is 26.1 Å². The Bertz CT molecular complexity index is 1350. The SMILES string of the molecule is CC12CCC(C(=O)Nc3ccc(N=Nc4ccccc4)cc3)(C(=O)/C1=N\Nc1ccccc1)C2(C)C. The van der Waals surface area contributed by atoms with Crippen LogP contribution in [0.15, 0.2) is 100 Å². The minimum Gasteiger partial charge on any atom is -0.325 e. The smallest absolute Gasteiger partial charge is 0.239 e. The Morgan fingerprint density at radius 1 is 0.750 bits per heavy atom. The Kier molecular flexibility index (Phi) is 5.79. The number of Topliss-reactive ketones (excluding diaryl/α,β-unsaturated/α-hetero) is 1. The molecule has 3 aromatic carbocycles. The maximum Gasteiger partial charge on any atom is 0.239 e. The van der Waals surface area contributed by atoms with Gasteiger partial charge in [0.05, 0.1) is 17.1 Å². The minimum absolute atomic E-state index is 0.199. The summed E-state index contributed by atoms with van der Waals surface area (Å²) in [6.45, 7) is 6.07. The molecule has 2 aliphatic rings. The lowest BCUT2D eigenvalue weighted by Crippen LogP contribution is -2.47. The molecule has 2 fully saturated rings. The van der Waals surface area contributed by atoms with Crippen LogP contribution < -0.4 is 10.7 Å². The molecule has 7 heteroatoms. The van der Waals surface area contributed by atoms with Gasteiger partial charge in [-0.3, -0.25) is 15.0 Å². The highest BCUT2D eigenvalue weighted by atomic mass is 16.2. The van der Waals surface area contributed by atoms with Gasteiger partial charge < -0.3 is 5.32 Å². The number of fused-ring (bicyclic) bond motifs is 2. The molecule has 2 saturated carbocycles. The molecule has 0 saturated heterocycles. The second-order valence-electron chi connectivity index (χ2n) is 10.2. The van der Waals surface area contributed by atoms with Crippen LogP contribution in [-0.2, 0) is 9.59 Å². The first kappa shape index (κ1) is 23.6. The van der Waals surface area contributed by atoms with Gasteiger partial charge in [-0.15, -0.1) is 0 Å². The number of nitrogens with one attached hydrogen (secondary N) is 2. The normalized spacial score (nSPS) is 25.4. The number of benzene rings is 3. The molecule has 2 bridgehead atoms. The first-order valence-corrected chi connectivity index (χ1v) is 12.1. The lowest BCUT2D eigenvalue weighted by atomic mass is 9.64. The fourth-order valence-electron chi connectivity index (χ4n) is 5.57. The molecule has 3 aromatic rings. The van der Waals surface area contributed by atoms with Gasteiger partial charge in [-0.05, 0) is 66.8 Å². The summed E-state index contributed by atoms with van der Waals surface area (Å²) < 4.78 is 0. The van der Waals surface area contributed by atoms with E-state index in [1.165, 1.54) is 0 Å². The lowest BCUT2D eigenvalue weighted by Gasteiger charge is -2.37. The molecule has 0 radical (unpaired) electrons. The van der Waals surface area contributed by atoms with Crippen LogP contribution in [-0.4, -0.2) is 17.4 Å². The predicted octanol–water partition coefficient (Wildman–Crippen LogP) is 6.90. The van der Waals surface area contributed by atoms with Crippen molar-refractivity contribution in [2.45, 2.75) is 33.6 Å². The summed E-state index contributed by atoms with van der Waals surface area (Å²) in [5, 5.41) is 16.0. The zero-order chi connectivity index (χ0) is 25.4. The lowest BCUT2D eigenvalue weighted by molar-refractivity contribution is -0.139. The van der Waals surface area contributed by atoms with Crippen molar-refractivity contribution in [3.63, 3.8) is 0 Å². The molecule has 36 heavy (non-hydrogen) atoms. The number of carbonyl (C=O) groups excluding carboxylic acids is 2. The molecule has 0 spiro atoms. The van der Waals surface area contributed by atoms with Crippen molar-refractivity contribution in [2.24, 2.45) is 31.6 Å². The number of amides is 1. The standard InChI is InChI=1S/C29H29N5O2/c1-27(2)28(3)18-19-29(27,25(35)24(28)34-33-22-12-8-5-9-13-22)26(36)30-20-14-16-23(17-15-20)32-31-21-10-6-4-7-11-21/h4-17,33H,18-19H2,1-3H3,(H,30,36)/b32-31?,34-24+. The number of hydrogen-bond donors (Lipinski definition) is 2. The maximum atomic E-state index is 13.8. The van der Waals surface area contributed by atoms with Gasteiger partial charge in [-0.25, -0.2) is 0 Å². The van der Waals surface area contributed by atoms with Crippen LogP contribution >= 0.6 is 0 Å². The molecule has 1 amide bonds. The number of rotatable bonds is 6. The molecule has 0 aliphatic heterocycles. The van der Waals surface area contributed by atoms with E-state index in [1.807, 2.05) is 81.4 Å². The second-order valence-corrected chi connectivity index (χ2v) is 10.2. The molecule has 2 unspecified atom stereocenters. The summed E-state index contributed by atoms with van der Waals surface area (Å²) in [6, 6.07) is 26.1. The average Bonchev–Trinajstić information content (AvgIpc) is 3.17. The van der Waals surface area contributed by atoms with Gasteiger partial charge in [0.25, 0.3) is 0 Å². The van der Waals surface area contributed by atoms with Crippen molar-refractivity contribution in [3.8, 4) is 0 Å². The van der Waals surface area contributed by atoms with Gasteiger partial charge in [0, 0.05) is 11.1 Å². The molecule has 2 aliphatic carbocycles. The van der Waals surface area contributed by atoms with E-state index in [0.717, 1.165) is 11.4 Å². The Morgan fingerprint density at radius 3 is 1.97 bits per heavy atom. The minimum atomic E-state index is -1.18. The summed E-state index contributed by atoms with van der Waals surface area (Å²) in [4.78, 5) is 27.5. The third-order valence-corrected chi connectivity index (χ3v) is 8.19. The Balaban J connectivity index is 1.36. The second kappa shape index (κ2) is 8.82. The van der Waals surface area contributed by atoms with Crippen LogP contribution in [0.5, 0.6) is 0 Å². The molecule has 2 N–H and O–H groups in total. The third-order valence-electron chi connectivity index (χ3n) is 8.19. The van der Waals surface area contributed by atoms with Gasteiger partial charge in [-0.2, -0.15) is 15.3 Å². The summed E-state index contributed by atoms with van der Waals surface area (Å²) in [7, 11) is 0. The largest absolute Gasteiger partial charge is 0.325 e. The number of nitrogens with zero attached hydrogens (tertiary/aromatic N) is 3. The Morgan fingerprint density at radius 2 is 1.33 bits per heavy atom. The van der Waals surface area contributed by atoms with Crippen molar-refractivity contribution in [1.29, 1.82) is 0 Å². The van der Waals surface area contributed by atoms with E-state index in [0.29, 0.717) is 29.9 Å². The Labute approximate surface area is 210 Å². The average molecular weight is 480 g/mol. The van der Waals surface area contributed by atoms with Gasteiger partial charge in [-0.1, -0.05) is 57.2 Å². The zero-order valence-corrected chi connectivity index (χ0v) is 20.7. The maximum absolute atomic E-state index is 13.8. The number of ketones is 1. The molecule has 2 atom stereocenters. The number of para-hydroxylation sites is 1. The van der Waals surface area contributed by atoms with Crippen molar-refractivity contribution in [2.75, 3.05) is 10.7 Å². The number of azo groups is 1. The van der Waals surface area contributed by atoms with Crippen molar-refractivity contribution in [3.05, 3.63) is 84.9 Å². The molecule has 5 rings (SSSR count). The molecular formula is C29H29N5O2. The number of anilines is 2. The van der Waals surface area contributed by atoms with E-state index in [4.69, 9.17) is 0 Å². The van der Waals surface area contributed by atoms with Crippen molar-refractivity contribution < 1.29 is 9.59 Å². The molecule has 7 nitrogen and oxygen atoms in total. The highest BCUT2D eigenvalue weighted by Gasteiger charge is 2.76. The number of carbonyl (C=O) groups is 2. The highest BCUT2D eigenvalue weighted by Crippen LogP contribution is 2.69. The van der Waals surface area contributed by atoms with E-state index < -0.39 is 16.2 Å². The van der Waals surface area contributed by atoms with Crippen LogP contribution in [0.4, 0.5) is 22.7 Å². The van der Waals surface area contributed by atoms with Crippen LogP contribution in [0, 0.1) is 16.2 Å². The van der Waals surface area contributed by atoms with E-state index in [-0.39, 0.29) is 11.7 Å². The number of hydrazone groups is 1. The summed E-state index contributed by atoms with van der Waals surface area (Å²) in [5.41, 5.74) is 4.01. The van der Waals surface area contributed by atoms with E-state index >= 15 is 0 Å². The van der Waals surface area contributed by atoms with Crippen LogP contribution in [0.1, 0.15) is 33.6 Å². The van der Waals surface area contributed by atoms with Crippen molar-refractivity contribution >= 4 is 40.2 Å². The van der Waals surface area contributed by atoms with Gasteiger partial charge in [0.1, 0.15) is 11.1 Å². The van der Waals surface area contributed by atoms with E-state index in [9.17, 15) is 9.59 Å². The van der Waals surface area contributed by atoms with Gasteiger partial charge in [0.15, 0.2) is 5.78 Å². The topological polar surface area (TPSA) is 95.3 Å². The van der Waals surface area contributed by atoms with Gasteiger partial charge in [0.2, 0.25) is 5.91 Å². The predicted molar refractivity (Wildman–Crippen MR) is 142 cm³/mol. The van der Waals surface area contributed by atoms with Gasteiger partial charge >= 0.3 is 0 Å². The first-order chi connectivity index (χ1) is 17.3. The Hall–Kier alpha value is -4.13. The summed E-state index contributed by atoms with van der Waals surface area (Å²) >= 11 is 0. The van der Waals surface area contributed by atoms with Crippen molar-refractivity contribution in [1.82, 2.24) is 0 Å². The quantitative estimate of drug-likeness (QED) is 0.229. The summed E-state index contributed by atoms with van der Waals surface area (Å²) in [6.07, 6.45) is 1.21.